The van der Waals surface area contributed by atoms with Crippen molar-refractivity contribution >= 4 is 11.7 Å². The predicted octanol–water partition coefficient (Wildman–Crippen LogP) is 3.21. The molecule has 1 aromatic heterocycles. The molecule has 2 rings (SSSR count). The molecule has 0 aliphatic rings. The van der Waals surface area contributed by atoms with Gasteiger partial charge in [0.25, 0.3) is 0 Å². The lowest BCUT2D eigenvalue weighted by atomic mass is 10.2. The standard InChI is InChI=1S/C15H18N2O2/c1-2-8-17-9-7-12(11-17)10-16-14-5-3-13(4-6-14)15(18)19/h3-7,9,11,16H,2,8,10H2,1H3,(H,18,19). The van der Waals surface area contributed by atoms with Gasteiger partial charge in [0.05, 0.1) is 5.56 Å². The van der Waals surface area contributed by atoms with E-state index in [-0.39, 0.29) is 0 Å². The van der Waals surface area contributed by atoms with E-state index in [9.17, 15) is 4.79 Å². The molecule has 0 bridgehead atoms. The van der Waals surface area contributed by atoms with Gasteiger partial charge in [0.1, 0.15) is 0 Å². The van der Waals surface area contributed by atoms with Crippen molar-refractivity contribution in [2.24, 2.45) is 0 Å². The van der Waals surface area contributed by atoms with E-state index in [1.807, 2.05) is 0 Å². The van der Waals surface area contributed by atoms with Crippen molar-refractivity contribution < 1.29 is 9.90 Å². The van der Waals surface area contributed by atoms with E-state index >= 15 is 0 Å². The molecule has 0 unspecified atom stereocenters. The first-order valence-corrected chi connectivity index (χ1v) is 6.41. The number of carboxylic acids is 1. The largest absolute Gasteiger partial charge is 0.478 e. The van der Waals surface area contributed by atoms with Gasteiger partial charge in [-0.3, -0.25) is 0 Å². The van der Waals surface area contributed by atoms with Crippen molar-refractivity contribution in [2.75, 3.05) is 5.32 Å². The van der Waals surface area contributed by atoms with Gasteiger partial charge in [-0.15, -0.1) is 0 Å². The summed E-state index contributed by atoms with van der Waals surface area (Å²) in [6, 6.07) is 8.87. The summed E-state index contributed by atoms with van der Waals surface area (Å²) in [4.78, 5) is 10.7. The maximum absolute atomic E-state index is 10.7. The van der Waals surface area contributed by atoms with E-state index in [0.29, 0.717) is 5.56 Å². The average molecular weight is 258 g/mol. The van der Waals surface area contributed by atoms with Crippen LogP contribution in [-0.2, 0) is 13.1 Å². The van der Waals surface area contributed by atoms with Gasteiger partial charge >= 0.3 is 5.97 Å². The Hall–Kier alpha value is -2.23. The summed E-state index contributed by atoms with van der Waals surface area (Å²) in [6.45, 7) is 3.93. The number of rotatable bonds is 6. The van der Waals surface area contributed by atoms with Gasteiger partial charge in [-0.2, -0.15) is 0 Å². The number of aromatic nitrogens is 1. The highest BCUT2D eigenvalue weighted by Gasteiger charge is 2.02. The van der Waals surface area contributed by atoms with Crippen LogP contribution in [0, 0.1) is 0 Å². The zero-order valence-electron chi connectivity index (χ0n) is 11.0. The highest BCUT2D eigenvalue weighted by atomic mass is 16.4. The molecule has 0 spiro atoms. The third kappa shape index (κ3) is 3.61. The van der Waals surface area contributed by atoms with Crippen LogP contribution < -0.4 is 5.32 Å². The summed E-state index contributed by atoms with van der Waals surface area (Å²) in [5.41, 5.74) is 2.45. The Bertz CT molecular complexity index is 544. The molecule has 0 saturated heterocycles. The summed E-state index contributed by atoms with van der Waals surface area (Å²) in [5.74, 6) is -0.900. The molecule has 0 radical (unpaired) electrons. The fourth-order valence-corrected chi connectivity index (χ4v) is 1.93. The first-order chi connectivity index (χ1) is 9.19. The molecule has 0 saturated carbocycles. The van der Waals surface area contributed by atoms with Gasteiger partial charge in [-0.25, -0.2) is 4.79 Å². The van der Waals surface area contributed by atoms with E-state index in [0.717, 1.165) is 25.2 Å². The maximum Gasteiger partial charge on any atom is 0.335 e. The van der Waals surface area contributed by atoms with Gasteiger partial charge in [0.2, 0.25) is 0 Å². The van der Waals surface area contributed by atoms with Crippen molar-refractivity contribution in [2.45, 2.75) is 26.4 Å². The number of carboxylic acid groups (broad SMARTS) is 1. The van der Waals surface area contributed by atoms with E-state index in [1.165, 1.54) is 5.56 Å². The Morgan fingerprint density at radius 3 is 2.63 bits per heavy atom. The normalized spacial score (nSPS) is 10.4. The second kappa shape index (κ2) is 6.09. The van der Waals surface area contributed by atoms with Gasteiger partial charge in [-0.1, -0.05) is 6.92 Å². The summed E-state index contributed by atoms with van der Waals surface area (Å²) in [7, 11) is 0. The monoisotopic (exact) mass is 258 g/mol. The van der Waals surface area contributed by atoms with Crippen LogP contribution in [0.25, 0.3) is 0 Å². The summed E-state index contributed by atoms with van der Waals surface area (Å²) in [5, 5.41) is 12.1. The number of aromatic carboxylic acids is 1. The number of anilines is 1. The molecule has 2 N–H and O–H groups in total. The van der Waals surface area contributed by atoms with E-state index in [2.05, 4.69) is 35.3 Å². The minimum absolute atomic E-state index is 0.305. The van der Waals surface area contributed by atoms with Crippen LogP contribution in [0.1, 0.15) is 29.3 Å². The molecule has 0 aliphatic heterocycles. The van der Waals surface area contributed by atoms with Crippen molar-refractivity contribution in [3.63, 3.8) is 0 Å². The summed E-state index contributed by atoms with van der Waals surface area (Å²) < 4.78 is 2.17. The topological polar surface area (TPSA) is 54.3 Å². The zero-order valence-corrected chi connectivity index (χ0v) is 11.0. The molecule has 0 atom stereocenters. The number of carbonyl (C=O) groups is 1. The summed E-state index contributed by atoms with van der Waals surface area (Å²) >= 11 is 0. The fourth-order valence-electron chi connectivity index (χ4n) is 1.93. The molecular formula is C15H18N2O2. The van der Waals surface area contributed by atoms with Crippen molar-refractivity contribution in [1.82, 2.24) is 4.57 Å². The first-order valence-electron chi connectivity index (χ1n) is 6.41. The van der Waals surface area contributed by atoms with Crippen LogP contribution in [0.5, 0.6) is 0 Å². The number of hydrogen-bond donors (Lipinski definition) is 2. The lowest BCUT2D eigenvalue weighted by Crippen LogP contribution is -2.00. The lowest BCUT2D eigenvalue weighted by Gasteiger charge is -2.05. The van der Waals surface area contributed by atoms with Crippen LogP contribution in [0.3, 0.4) is 0 Å². The number of aryl methyl sites for hydroxylation is 1. The molecule has 4 nitrogen and oxygen atoms in total. The Labute approximate surface area is 112 Å². The Morgan fingerprint density at radius 1 is 1.26 bits per heavy atom. The van der Waals surface area contributed by atoms with E-state index in [1.54, 1.807) is 24.3 Å². The minimum Gasteiger partial charge on any atom is -0.478 e. The highest BCUT2D eigenvalue weighted by molar-refractivity contribution is 5.87. The molecule has 1 heterocycles. The second-order valence-corrected chi connectivity index (χ2v) is 4.49. The number of nitrogens with one attached hydrogen (secondary N) is 1. The molecule has 4 heteroatoms. The van der Waals surface area contributed by atoms with Crippen LogP contribution in [0.4, 0.5) is 5.69 Å². The molecule has 1 aromatic carbocycles. The van der Waals surface area contributed by atoms with E-state index < -0.39 is 5.97 Å². The number of hydrogen-bond acceptors (Lipinski definition) is 2. The molecule has 19 heavy (non-hydrogen) atoms. The minimum atomic E-state index is -0.900. The van der Waals surface area contributed by atoms with Gasteiger partial charge < -0.3 is 15.0 Å². The highest BCUT2D eigenvalue weighted by Crippen LogP contribution is 2.11. The Morgan fingerprint density at radius 2 is 2.00 bits per heavy atom. The van der Waals surface area contributed by atoms with Crippen molar-refractivity contribution in [3.8, 4) is 0 Å². The zero-order chi connectivity index (χ0) is 13.7. The number of benzene rings is 1. The third-order valence-electron chi connectivity index (χ3n) is 2.92. The van der Waals surface area contributed by atoms with Gasteiger partial charge in [-0.05, 0) is 42.3 Å². The van der Waals surface area contributed by atoms with Crippen LogP contribution in [0.15, 0.2) is 42.7 Å². The molecule has 0 aliphatic carbocycles. The quantitative estimate of drug-likeness (QED) is 0.836. The van der Waals surface area contributed by atoms with Gasteiger partial charge in [0.15, 0.2) is 0 Å². The second-order valence-electron chi connectivity index (χ2n) is 4.49. The van der Waals surface area contributed by atoms with Crippen LogP contribution in [0.2, 0.25) is 0 Å². The number of nitrogens with zero attached hydrogens (tertiary/aromatic N) is 1. The maximum atomic E-state index is 10.7. The van der Waals surface area contributed by atoms with E-state index in [4.69, 9.17) is 5.11 Å². The fraction of sp³-hybridized carbons (Fsp3) is 0.267. The van der Waals surface area contributed by atoms with Crippen LogP contribution in [-0.4, -0.2) is 15.6 Å². The third-order valence-corrected chi connectivity index (χ3v) is 2.92. The molecule has 0 fully saturated rings. The Kier molecular flexibility index (Phi) is 4.23. The molecule has 100 valence electrons. The molecular weight excluding hydrogens is 240 g/mol. The van der Waals surface area contributed by atoms with Crippen LogP contribution >= 0.6 is 0 Å². The summed E-state index contributed by atoms with van der Waals surface area (Å²) in [6.07, 6.45) is 5.33. The lowest BCUT2D eigenvalue weighted by molar-refractivity contribution is 0.0697. The van der Waals surface area contributed by atoms with Gasteiger partial charge in [0, 0.05) is 31.2 Å². The predicted molar refractivity (Wildman–Crippen MR) is 75.5 cm³/mol. The average Bonchev–Trinajstić information content (AvgIpc) is 2.85. The van der Waals surface area contributed by atoms with Crippen molar-refractivity contribution in [3.05, 3.63) is 53.9 Å². The van der Waals surface area contributed by atoms with Crippen molar-refractivity contribution in [1.29, 1.82) is 0 Å². The molecule has 2 aromatic rings. The Balaban J connectivity index is 1.92. The first kappa shape index (κ1) is 13.2. The smallest absolute Gasteiger partial charge is 0.335 e. The molecule has 0 amide bonds. The SMILES string of the molecule is CCCn1ccc(CNc2ccc(C(=O)O)cc2)c1.